The fourth-order valence-corrected chi connectivity index (χ4v) is 2.90. The summed E-state index contributed by atoms with van der Waals surface area (Å²) >= 11 is 0. The van der Waals surface area contributed by atoms with Crippen molar-refractivity contribution < 1.29 is 14.3 Å². The van der Waals surface area contributed by atoms with Crippen LogP contribution in [0.4, 0.5) is 0 Å². The fourth-order valence-electron chi connectivity index (χ4n) is 2.90. The molecule has 0 radical (unpaired) electrons. The second-order valence-electron chi connectivity index (χ2n) is 5.41. The van der Waals surface area contributed by atoms with Crippen LogP contribution in [0, 0.1) is 0 Å². The SMILES string of the molecule is CCN1CCCC1CNC(=O)c1ccc(OC)c(C(N)=O)c1. The van der Waals surface area contributed by atoms with Gasteiger partial charge < -0.3 is 15.8 Å². The van der Waals surface area contributed by atoms with Crippen LogP contribution in [0.3, 0.4) is 0 Å². The molecule has 6 heteroatoms. The molecule has 0 bridgehead atoms. The number of amides is 2. The van der Waals surface area contributed by atoms with Gasteiger partial charge in [0.05, 0.1) is 12.7 Å². The molecule has 1 aromatic carbocycles. The van der Waals surface area contributed by atoms with Gasteiger partial charge in [-0.2, -0.15) is 0 Å². The summed E-state index contributed by atoms with van der Waals surface area (Å²) < 4.78 is 5.07. The maximum atomic E-state index is 12.2. The first-order chi connectivity index (χ1) is 10.6. The number of carbonyl (C=O) groups excluding carboxylic acids is 2. The van der Waals surface area contributed by atoms with Gasteiger partial charge in [0, 0.05) is 18.2 Å². The summed E-state index contributed by atoms with van der Waals surface area (Å²) in [5, 5.41) is 2.94. The molecule has 1 fully saturated rings. The van der Waals surface area contributed by atoms with Gasteiger partial charge in [-0.05, 0) is 44.1 Å². The molecule has 0 saturated carbocycles. The fraction of sp³-hybridized carbons (Fsp3) is 0.500. The molecule has 1 saturated heterocycles. The minimum Gasteiger partial charge on any atom is -0.496 e. The Kier molecular flexibility index (Phi) is 5.38. The van der Waals surface area contributed by atoms with Crippen LogP contribution in [0.15, 0.2) is 18.2 Å². The Morgan fingerprint density at radius 3 is 2.86 bits per heavy atom. The molecule has 2 rings (SSSR count). The van der Waals surface area contributed by atoms with E-state index >= 15 is 0 Å². The summed E-state index contributed by atoms with van der Waals surface area (Å²) in [4.78, 5) is 26.0. The highest BCUT2D eigenvalue weighted by molar-refractivity contribution is 6.00. The molecule has 1 atom stereocenters. The number of ether oxygens (including phenoxy) is 1. The first-order valence-electron chi connectivity index (χ1n) is 7.57. The van der Waals surface area contributed by atoms with E-state index in [0.717, 1.165) is 19.5 Å². The Balaban J connectivity index is 2.03. The van der Waals surface area contributed by atoms with Crippen molar-refractivity contribution >= 4 is 11.8 Å². The molecule has 2 amide bonds. The molecule has 0 aliphatic carbocycles. The summed E-state index contributed by atoms with van der Waals surface area (Å²) in [7, 11) is 1.46. The molecular weight excluding hydrogens is 282 g/mol. The number of rotatable bonds is 6. The van der Waals surface area contributed by atoms with Crippen molar-refractivity contribution in [1.82, 2.24) is 10.2 Å². The summed E-state index contributed by atoms with van der Waals surface area (Å²) in [6.07, 6.45) is 2.27. The number of nitrogens with zero attached hydrogens (tertiary/aromatic N) is 1. The lowest BCUT2D eigenvalue weighted by atomic mass is 10.1. The molecule has 6 nitrogen and oxygen atoms in total. The van der Waals surface area contributed by atoms with E-state index in [2.05, 4.69) is 17.1 Å². The molecule has 1 heterocycles. The van der Waals surface area contributed by atoms with Crippen LogP contribution < -0.4 is 15.8 Å². The minimum absolute atomic E-state index is 0.201. The van der Waals surface area contributed by atoms with Gasteiger partial charge in [-0.25, -0.2) is 0 Å². The highest BCUT2D eigenvalue weighted by Crippen LogP contribution is 2.20. The molecule has 1 unspecified atom stereocenters. The van der Waals surface area contributed by atoms with Gasteiger partial charge >= 0.3 is 0 Å². The van der Waals surface area contributed by atoms with E-state index in [4.69, 9.17) is 10.5 Å². The number of benzene rings is 1. The quantitative estimate of drug-likeness (QED) is 0.821. The number of carbonyl (C=O) groups is 2. The molecule has 1 aliphatic rings. The average molecular weight is 305 g/mol. The molecule has 1 aliphatic heterocycles. The predicted octanol–water partition coefficient (Wildman–Crippen LogP) is 1.01. The Labute approximate surface area is 130 Å². The summed E-state index contributed by atoms with van der Waals surface area (Å²) in [5.74, 6) is -0.440. The number of likely N-dealkylation sites (N-methyl/N-ethyl adjacent to an activating group) is 1. The molecule has 1 aromatic rings. The monoisotopic (exact) mass is 305 g/mol. The predicted molar refractivity (Wildman–Crippen MR) is 84.1 cm³/mol. The van der Waals surface area contributed by atoms with E-state index in [0.29, 0.717) is 23.9 Å². The number of methoxy groups -OCH3 is 1. The first-order valence-corrected chi connectivity index (χ1v) is 7.57. The minimum atomic E-state index is -0.612. The Morgan fingerprint density at radius 2 is 2.23 bits per heavy atom. The third kappa shape index (κ3) is 3.57. The number of nitrogens with one attached hydrogen (secondary N) is 1. The van der Waals surface area contributed by atoms with E-state index in [1.165, 1.54) is 19.6 Å². The number of hydrogen-bond acceptors (Lipinski definition) is 4. The second kappa shape index (κ2) is 7.26. The van der Waals surface area contributed by atoms with Crippen molar-refractivity contribution in [1.29, 1.82) is 0 Å². The Hall–Kier alpha value is -2.08. The van der Waals surface area contributed by atoms with Crippen molar-refractivity contribution in [2.45, 2.75) is 25.8 Å². The Bertz CT molecular complexity index is 560. The van der Waals surface area contributed by atoms with E-state index in [1.54, 1.807) is 12.1 Å². The molecule has 0 spiro atoms. The van der Waals surface area contributed by atoms with Crippen molar-refractivity contribution in [3.63, 3.8) is 0 Å². The molecular formula is C16H23N3O3. The van der Waals surface area contributed by atoms with Crippen molar-refractivity contribution in [2.75, 3.05) is 26.7 Å². The smallest absolute Gasteiger partial charge is 0.252 e. The van der Waals surface area contributed by atoms with Crippen LogP contribution in [0.25, 0.3) is 0 Å². The van der Waals surface area contributed by atoms with E-state index in [1.807, 2.05) is 0 Å². The average Bonchev–Trinajstić information content (AvgIpc) is 2.99. The highest BCUT2D eigenvalue weighted by atomic mass is 16.5. The Morgan fingerprint density at radius 1 is 1.45 bits per heavy atom. The zero-order chi connectivity index (χ0) is 16.1. The largest absolute Gasteiger partial charge is 0.496 e. The van der Waals surface area contributed by atoms with Crippen LogP contribution in [-0.2, 0) is 0 Å². The lowest BCUT2D eigenvalue weighted by molar-refractivity contribution is 0.0941. The third-order valence-electron chi connectivity index (χ3n) is 4.13. The van der Waals surface area contributed by atoms with Crippen LogP contribution in [-0.4, -0.2) is 49.5 Å². The van der Waals surface area contributed by atoms with Crippen molar-refractivity contribution in [3.8, 4) is 5.75 Å². The third-order valence-corrected chi connectivity index (χ3v) is 4.13. The second-order valence-corrected chi connectivity index (χ2v) is 5.41. The van der Waals surface area contributed by atoms with Gasteiger partial charge in [-0.1, -0.05) is 6.92 Å². The molecule has 22 heavy (non-hydrogen) atoms. The van der Waals surface area contributed by atoms with Crippen LogP contribution >= 0.6 is 0 Å². The standard InChI is InChI=1S/C16H23N3O3/c1-3-19-8-4-5-12(19)10-18-16(21)11-6-7-14(22-2)13(9-11)15(17)20/h6-7,9,12H,3-5,8,10H2,1-2H3,(H2,17,20)(H,18,21). The molecule has 120 valence electrons. The van der Waals surface area contributed by atoms with Crippen molar-refractivity contribution in [3.05, 3.63) is 29.3 Å². The van der Waals surface area contributed by atoms with Crippen molar-refractivity contribution in [2.24, 2.45) is 5.73 Å². The normalized spacial score (nSPS) is 18.2. The lowest BCUT2D eigenvalue weighted by Crippen LogP contribution is -2.40. The van der Waals surface area contributed by atoms with Crippen LogP contribution in [0.1, 0.15) is 40.5 Å². The summed E-state index contributed by atoms with van der Waals surface area (Å²) in [6, 6.07) is 5.08. The van der Waals surface area contributed by atoms with Gasteiger partial charge in [0.25, 0.3) is 11.8 Å². The van der Waals surface area contributed by atoms with Gasteiger partial charge in [-0.15, -0.1) is 0 Å². The van der Waals surface area contributed by atoms with Crippen LogP contribution in [0.2, 0.25) is 0 Å². The molecule has 0 aromatic heterocycles. The molecule has 3 N–H and O–H groups in total. The number of likely N-dealkylation sites (tertiary alicyclic amines) is 1. The summed E-state index contributed by atoms with van der Waals surface area (Å²) in [5.41, 5.74) is 5.94. The highest BCUT2D eigenvalue weighted by Gasteiger charge is 2.23. The van der Waals surface area contributed by atoms with E-state index in [-0.39, 0.29) is 11.5 Å². The zero-order valence-corrected chi connectivity index (χ0v) is 13.1. The number of nitrogens with two attached hydrogens (primary N) is 1. The van der Waals surface area contributed by atoms with Gasteiger partial charge in [0.15, 0.2) is 0 Å². The maximum Gasteiger partial charge on any atom is 0.252 e. The van der Waals surface area contributed by atoms with Gasteiger partial charge in [0.1, 0.15) is 5.75 Å². The van der Waals surface area contributed by atoms with Gasteiger partial charge in [-0.3, -0.25) is 14.5 Å². The number of primary amides is 1. The van der Waals surface area contributed by atoms with Crippen LogP contribution in [0.5, 0.6) is 5.75 Å². The van der Waals surface area contributed by atoms with Gasteiger partial charge in [0.2, 0.25) is 0 Å². The lowest BCUT2D eigenvalue weighted by Gasteiger charge is -2.22. The van der Waals surface area contributed by atoms with E-state index < -0.39 is 5.91 Å². The zero-order valence-electron chi connectivity index (χ0n) is 13.1. The number of hydrogen-bond donors (Lipinski definition) is 2. The summed E-state index contributed by atoms with van der Waals surface area (Å²) in [6.45, 7) is 4.83. The topological polar surface area (TPSA) is 84.7 Å². The van der Waals surface area contributed by atoms with E-state index in [9.17, 15) is 9.59 Å². The maximum absolute atomic E-state index is 12.2. The first kappa shape index (κ1) is 16.3.